The van der Waals surface area contributed by atoms with E-state index in [4.69, 9.17) is 4.74 Å². The molecular formula is C31H50O6. The molecule has 0 radical (unpaired) electrons. The van der Waals surface area contributed by atoms with E-state index in [0.29, 0.717) is 6.42 Å². The minimum absolute atomic E-state index is 0.0647. The van der Waals surface area contributed by atoms with Crippen molar-refractivity contribution in [1.29, 1.82) is 0 Å². The molecule has 0 aliphatic heterocycles. The summed E-state index contributed by atoms with van der Waals surface area (Å²) in [5.41, 5.74) is -2.09. The van der Waals surface area contributed by atoms with Crippen molar-refractivity contribution in [3.05, 3.63) is 11.6 Å². The number of allylic oxidation sites excluding steroid dienone is 1. The molecule has 4 N–H and O–H groups in total. The lowest BCUT2D eigenvalue weighted by Gasteiger charge is -2.72. The normalized spacial score (nSPS) is 56.6. The van der Waals surface area contributed by atoms with Crippen LogP contribution in [0.5, 0.6) is 0 Å². The number of fused-ring (bicyclic) bond motifs is 7. The van der Waals surface area contributed by atoms with Crippen LogP contribution in [0.15, 0.2) is 11.6 Å². The molecule has 0 amide bonds. The first kappa shape index (κ1) is 27.6. The fourth-order valence-corrected chi connectivity index (χ4v) is 11.1. The number of carbonyl (C=O) groups is 1. The Hall–Kier alpha value is -0.950. The van der Waals surface area contributed by atoms with E-state index in [1.807, 2.05) is 20.8 Å². The number of hydrogen-bond acceptors (Lipinski definition) is 6. The molecule has 0 unspecified atom stereocenters. The van der Waals surface area contributed by atoms with Gasteiger partial charge in [0.2, 0.25) is 0 Å². The summed E-state index contributed by atoms with van der Waals surface area (Å²) >= 11 is 0. The maximum absolute atomic E-state index is 13.4. The Morgan fingerprint density at radius 2 is 1.57 bits per heavy atom. The van der Waals surface area contributed by atoms with Crippen LogP contribution in [0.1, 0.15) is 93.4 Å². The molecule has 0 aromatic carbocycles. The van der Waals surface area contributed by atoms with Crippen LogP contribution in [-0.2, 0) is 9.53 Å². The van der Waals surface area contributed by atoms with Crippen LogP contribution in [0, 0.1) is 50.7 Å². The standard InChI is InChI=1S/C31H50O6/c1-17-11-14-31(25(35)37-8)16-15-27(4)18(22(31)30(17,7)36)9-10-20-28(27,5)13-12-19-26(2,3)23(33)21(32)24(34)29(19,20)6/h9,17,19-24,32-34,36H,10-16H2,1-8H3/t17-,19+,20+,21-,22-,23+,24-,27-,28-,29+,30-,31+/m1/s1. The number of rotatable bonds is 1. The Morgan fingerprint density at radius 1 is 0.919 bits per heavy atom. The zero-order valence-electron chi connectivity index (χ0n) is 24.2. The Morgan fingerprint density at radius 3 is 2.19 bits per heavy atom. The van der Waals surface area contributed by atoms with Crippen LogP contribution < -0.4 is 0 Å². The summed E-state index contributed by atoms with van der Waals surface area (Å²) in [6.07, 6.45) is 4.69. The summed E-state index contributed by atoms with van der Waals surface area (Å²) in [5.74, 6) is -0.272. The largest absolute Gasteiger partial charge is 0.469 e. The molecule has 0 bridgehead atoms. The van der Waals surface area contributed by atoms with Gasteiger partial charge in [0.15, 0.2) is 0 Å². The highest BCUT2D eigenvalue weighted by Crippen LogP contribution is 2.76. The number of ether oxygens (including phenoxy) is 1. The molecule has 210 valence electrons. The van der Waals surface area contributed by atoms with E-state index in [1.54, 1.807) is 0 Å². The number of hydrogen-bond donors (Lipinski definition) is 4. The maximum atomic E-state index is 13.4. The van der Waals surface area contributed by atoms with Crippen molar-refractivity contribution in [2.24, 2.45) is 50.7 Å². The highest BCUT2D eigenvalue weighted by atomic mass is 16.5. The molecule has 0 aromatic heterocycles. The summed E-state index contributed by atoms with van der Waals surface area (Å²) in [5, 5.41) is 45.6. The van der Waals surface area contributed by atoms with Gasteiger partial charge in [-0.2, -0.15) is 0 Å². The molecule has 0 spiro atoms. The van der Waals surface area contributed by atoms with Gasteiger partial charge in [-0.05, 0) is 85.9 Å². The Labute approximate surface area is 222 Å². The number of esters is 1. The first-order valence-electron chi connectivity index (χ1n) is 14.5. The summed E-state index contributed by atoms with van der Waals surface area (Å²) in [4.78, 5) is 13.4. The van der Waals surface area contributed by atoms with Crippen molar-refractivity contribution in [1.82, 2.24) is 0 Å². The predicted octanol–water partition coefficient (Wildman–Crippen LogP) is 4.23. The zero-order chi connectivity index (χ0) is 27.6. The molecule has 37 heavy (non-hydrogen) atoms. The minimum Gasteiger partial charge on any atom is -0.469 e. The van der Waals surface area contributed by atoms with E-state index in [0.717, 1.165) is 38.5 Å². The molecule has 5 rings (SSSR count). The molecule has 4 fully saturated rings. The van der Waals surface area contributed by atoms with Gasteiger partial charge in [0, 0.05) is 11.3 Å². The first-order valence-corrected chi connectivity index (χ1v) is 14.5. The van der Waals surface area contributed by atoms with Crippen molar-refractivity contribution in [3.8, 4) is 0 Å². The lowest BCUT2D eigenvalue weighted by atomic mass is 9.32. The van der Waals surface area contributed by atoms with Crippen molar-refractivity contribution >= 4 is 5.97 Å². The highest BCUT2D eigenvalue weighted by molar-refractivity contribution is 5.79. The van der Waals surface area contributed by atoms with Crippen LogP contribution in [0.4, 0.5) is 0 Å². The topological polar surface area (TPSA) is 107 Å². The van der Waals surface area contributed by atoms with Gasteiger partial charge in [-0.3, -0.25) is 4.79 Å². The zero-order valence-corrected chi connectivity index (χ0v) is 24.2. The third kappa shape index (κ3) is 3.05. The Balaban J connectivity index is 1.67. The van der Waals surface area contributed by atoms with Gasteiger partial charge >= 0.3 is 5.97 Å². The smallest absolute Gasteiger partial charge is 0.312 e. The third-order valence-corrected chi connectivity index (χ3v) is 13.8. The van der Waals surface area contributed by atoms with Crippen molar-refractivity contribution in [3.63, 3.8) is 0 Å². The molecule has 5 aliphatic rings. The Kier molecular flexibility index (Phi) is 6.01. The second-order valence-electron chi connectivity index (χ2n) is 15.1. The molecule has 4 saturated carbocycles. The fraction of sp³-hybridized carbons (Fsp3) is 0.903. The quantitative estimate of drug-likeness (QED) is 0.306. The molecular weight excluding hydrogens is 468 g/mol. The van der Waals surface area contributed by atoms with E-state index >= 15 is 0 Å². The number of carbonyl (C=O) groups excluding carboxylic acids is 1. The van der Waals surface area contributed by atoms with Gasteiger partial charge in [0.25, 0.3) is 0 Å². The molecule has 0 aromatic rings. The lowest BCUT2D eigenvalue weighted by Crippen LogP contribution is -2.72. The minimum atomic E-state index is -1.19. The van der Waals surface area contributed by atoms with Crippen molar-refractivity contribution in [2.45, 2.75) is 117 Å². The highest BCUT2D eigenvalue weighted by Gasteiger charge is 2.73. The van der Waals surface area contributed by atoms with Gasteiger partial charge in [0.1, 0.15) is 6.10 Å². The third-order valence-electron chi connectivity index (χ3n) is 13.8. The van der Waals surface area contributed by atoms with Crippen molar-refractivity contribution in [2.75, 3.05) is 7.11 Å². The molecule has 6 nitrogen and oxygen atoms in total. The number of aliphatic hydroxyl groups is 4. The predicted molar refractivity (Wildman–Crippen MR) is 141 cm³/mol. The van der Waals surface area contributed by atoms with Crippen LogP contribution in [0.25, 0.3) is 0 Å². The second-order valence-corrected chi connectivity index (χ2v) is 15.1. The first-order chi connectivity index (χ1) is 17.0. The average molecular weight is 519 g/mol. The van der Waals surface area contributed by atoms with Crippen LogP contribution in [0.2, 0.25) is 0 Å². The van der Waals surface area contributed by atoms with Crippen LogP contribution >= 0.6 is 0 Å². The molecule has 6 heteroatoms. The van der Waals surface area contributed by atoms with Crippen molar-refractivity contribution < 1.29 is 30.0 Å². The molecule has 0 heterocycles. The number of aliphatic hydroxyl groups excluding tert-OH is 3. The van der Waals surface area contributed by atoms with Crippen LogP contribution in [-0.4, -0.2) is 57.4 Å². The van der Waals surface area contributed by atoms with E-state index < -0.39 is 40.2 Å². The van der Waals surface area contributed by atoms with E-state index in [2.05, 4.69) is 33.8 Å². The summed E-state index contributed by atoms with van der Waals surface area (Å²) in [6, 6.07) is 0. The van der Waals surface area contributed by atoms with Gasteiger partial charge < -0.3 is 25.2 Å². The second kappa shape index (κ2) is 8.05. The summed E-state index contributed by atoms with van der Waals surface area (Å²) < 4.78 is 5.41. The monoisotopic (exact) mass is 518 g/mol. The van der Waals surface area contributed by atoms with Gasteiger partial charge in [-0.15, -0.1) is 0 Å². The van der Waals surface area contributed by atoms with E-state index in [9.17, 15) is 25.2 Å². The average Bonchev–Trinajstić information content (AvgIpc) is 2.84. The maximum Gasteiger partial charge on any atom is 0.312 e. The summed E-state index contributed by atoms with van der Waals surface area (Å²) in [6.45, 7) is 14.9. The van der Waals surface area contributed by atoms with Gasteiger partial charge in [-0.1, -0.05) is 53.2 Å². The van der Waals surface area contributed by atoms with E-state index in [1.165, 1.54) is 12.7 Å². The molecule has 5 aliphatic carbocycles. The molecule has 0 saturated heterocycles. The number of methoxy groups -OCH3 is 1. The van der Waals surface area contributed by atoms with E-state index in [-0.39, 0.29) is 40.5 Å². The SMILES string of the molecule is COC(=O)[C@]12CC[C@@H](C)[C@@](C)(O)[C@H]1C1=CC[C@@H]3[C@@]4(C)[C@H](O)[C@H](O)[C@H](O)C(C)(C)[C@@H]4CC[C@@]3(C)[C@]1(C)CC2. The Bertz CT molecular complexity index is 1000. The lowest BCUT2D eigenvalue weighted by molar-refractivity contribution is -0.280. The molecule has 12 atom stereocenters. The van der Waals surface area contributed by atoms with Crippen LogP contribution in [0.3, 0.4) is 0 Å². The summed E-state index contributed by atoms with van der Waals surface area (Å²) in [7, 11) is 1.47. The van der Waals surface area contributed by atoms with Gasteiger partial charge in [-0.25, -0.2) is 0 Å². The fourth-order valence-electron chi connectivity index (χ4n) is 11.1. The van der Waals surface area contributed by atoms with Gasteiger partial charge in [0.05, 0.1) is 30.3 Å².